The zero-order chi connectivity index (χ0) is 17.2. The van der Waals surface area contributed by atoms with Crippen LogP contribution in [0.5, 0.6) is 5.75 Å². The van der Waals surface area contributed by atoms with Gasteiger partial charge in [0.1, 0.15) is 29.2 Å². The average Bonchev–Trinajstić information content (AvgIpc) is 3.15. The van der Waals surface area contributed by atoms with Gasteiger partial charge in [0.15, 0.2) is 0 Å². The van der Waals surface area contributed by atoms with E-state index in [-0.39, 0.29) is 5.82 Å². The van der Waals surface area contributed by atoms with E-state index in [1.165, 1.54) is 17.9 Å². The number of fused-ring (bicyclic) bond motifs is 1. The van der Waals surface area contributed by atoms with Gasteiger partial charge in [-0.3, -0.25) is 0 Å². The first-order valence-electron chi connectivity index (χ1n) is 8.17. The van der Waals surface area contributed by atoms with Gasteiger partial charge in [0.05, 0.1) is 7.11 Å². The molecule has 1 unspecified atom stereocenters. The van der Waals surface area contributed by atoms with Crippen LogP contribution in [0.15, 0.2) is 42.7 Å². The maximum Gasteiger partial charge on any atom is 0.145 e. The molecule has 2 heterocycles. The van der Waals surface area contributed by atoms with Crippen LogP contribution in [-0.2, 0) is 0 Å². The minimum absolute atomic E-state index is 0.249. The predicted octanol–water partition coefficient (Wildman–Crippen LogP) is 4.36. The van der Waals surface area contributed by atoms with Crippen molar-refractivity contribution >= 4 is 28.5 Å². The maximum absolute atomic E-state index is 13.2. The van der Waals surface area contributed by atoms with Crippen molar-refractivity contribution in [1.29, 1.82) is 0 Å². The number of methoxy groups -OCH3 is 1. The lowest BCUT2D eigenvalue weighted by Gasteiger charge is -2.15. The first-order chi connectivity index (χ1) is 12.2. The molecule has 0 saturated carbocycles. The van der Waals surface area contributed by atoms with E-state index in [1.54, 1.807) is 25.6 Å². The Balaban J connectivity index is 1.83. The van der Waals surface area contributed by atoms with Crippen molar-refractivity contribution in [3.63, 3.8) is 0 Å². The highest BCUT2D eigenvalue weighted by atomic mass is 32.2. The number of thioether (sulfide) groups is 1. The third-order valence-corrected chi connectivity index (χ3v) is 5.53. The van der Waals surface area contributed by atoms with E-state index < -0.39 is 0 Å². The summed E-state index contributed by atoms with van der Waals surface area (Å²) in [5, 5.41) is 4.45. The normalized spacial score (nSPS) is 17.0. The van der Waals surface area contributed by atoms with Gasteiger partial charge in [-0.1, -0.05) is 12.1 Å². The van der Waals surface area contributed by atoms with E-state index in [0.717, 1.165) is 40.0 Å². The Morgan fingerprint density at radius 2 is 2.00 bits per heavy atom. The van der Waals surface area contributed by atoms with Crippen molar-refractivity contribution in [3.05, 3.63) is 48.5 Å². The monoisotopic (exact) mass is 355 g/mol. The molecule has 4 rings (SSSR count). The number of aromatic nitrogens is 2. The third-order valence-electron chi connectivity index (χ3n) is 4.37. The lowest BCUT2D eigenvalue weighted by molar-refractivity contribution is 0.419. The molecule has 0 amide bonds. The minimum atomic E-state index is -0.249. The number of nitrogens with one attached hydrogen (secondary N) is 1. The Morgan fingerprint density at radius 1 is 1.16 bits per heavy atom. The van der Waals surface area contributed by atoms with Crippen LogP contribution in [0.25, 0.3) is 22.0 Å². The number of hydrogen-bond acceptors (Lipinski definition) is 5. The number of rotatable bonds is 4. The molecule has 6 heteroatoms. The van der Waals surface area contributed by atoms with Gasteiger partial charge in [0.25, 0.3) is 0 Å². The average molecular weight is 355 g/mol. The SMILES string of the molecule is COc1cc(-c2ccc(F)cc2)cc2c(NC3CCSC3)ncnc12. The smallest absolute Gasteiger partial charge is 0.145 e. The molecule has 4 nitrogen and oxygen atoms in total. The highest BCUT2D eigenvalue weighted by molar-refractivity contribution is 7.99. The van der Waals surface area contributed by atoms with Gasteiger partial charge < -0.3 is 10.1 Å². The van der Waals surface area contributed by atoms with Crippen LogP contribution in [0.3, 0.4) is 0 Å². The molecule has 1 atom stereocenters. The Kier molecular flexibility index (Phi) is 4.44. The number of nitrogens with zero attached hydrogens (tertiary/aromatic N) is 2. The molecule has 0 spiro atoms. The first kappa shape index (κ1) is 16.1. The molecule has 2 aromatic carbocycles. The summed E-state index contributed by atoms with van der Waals surface area (Å²) in [5.41, 5.74) is 2.65. The minimum Gasteiger partial charge on any atom is -0.494 e. The Bertz CT molecular complexity index is 895. The van der Waals surface area contributed by atoms with Crippen LogP contribution in [0.4, 0.5) is 10.2 Å². The molecule has 1 aromatic heterocycles. The van der Waals surface area contributed by atoms with Crippen molar-refractivity contribution in [2.75, 3.05) is 23.9 Å². The van der Waals surface area contributed by atoms with Gasteiger partial charge >= 0.3 is 0 Å². The lowest BCUT2D eigenvalue weighted by Crippen LogP contribution is -2.19. The van der Waals surface area contributed by atoms with Crippen LogP contribution in [0, 0.1) is 5.82 Å². The molecule has 128 valence electrons. The molecule has 1 aliphatic rings. The van der Waals surface area contributed by atoms with Crippen LogP contribution in [-0.4, -0.2) is 34.6 Å². The van der Waals surface area contributed by atoms with E-state index in [0.29, 0.717) is 11.8 Å². The summed E-state index contributed by atoms with van der Waals surface area (Å²) in [6, 6.07) is 10.8. The molecule has 3 aromatic rings. The van der Waals surface area contributed by atoms with Crippen molar-refractivity contribution in [1.82, 2.24) is 9.97 Å². The second-order valence-electron chi connectivity index (χ2n) is 6.01. The van der Waals surface area contributed by atoms with Gasteiger partial charge in [-0.15, -0.1) is 0 Å². The summed E-state index contributed by atoms with van der Waals surface area (Å²) in [6.45, 7) is 0. The number of benzene rings is 2. The Labute approximate surface area is 149 Å². The van der Waals surface area contributed by atoms with Gasteiger partial charge in [-0.2, -0.15) is 11.8 Å². The van der Waals surface area contributed by atoms with Crippen LogP contribution in [0.2, 0.25) is 0 Å². The zero-order valence-electron chi connectivity index (χ0n) is 13.8. The summed E-state index contributed by atoms with van der Waals surface area (Å²) >= 11 is 1.95. The van der Waals surface area contributed by atoms with E-state index >= 15 is 0 Å². The van der Waals surface area contributed by atoms with Gasteiger partial charge in [0, 0.05) is 17.2 Å². The zero-order valence-corrected chi connectivity index (χ0v) is 14.6. The largest absolute Gasteiger partial charge is 0.494 e. The van der Waals surface area contributed by atoms with Crippen molar-refractivity contribution in [2.24, 2.45) is 0 Å². The third kappa shape index (κ3) is 3.26. The van der Waals surface area contributed by atoms with E-state index in [4.69, 9.17) is 4.74 Å². The van der Waals surface area contributed by atoms with Crippen molar-refractivity contribution in [3.8, 4) is 16.9 Å². The lowest BCUT2D eigenvalue weighted by atomic mass is 10.0. The quantitative estimate of drug-likeness (QED) is 0.753. The topological polar surface area (TPSA) is 47.0 Å². The Hall–Kier alpha value is -2.34. The van der Waals surface area contributed by atoms with E-state index in [9.17, 15) is 4.39 Å². The molecule has 25 heavy (non-hydrogen) atoms. The van der Waals surface area contributed by atoms with Gasteiger partial charge in [0.2, 0.25) is 0 Å². The summed E-state index contributed by atoms with van der Waals surface area (Å²) in [5.74, 6) is 3.51. The summed E-state index contributed by atoms with van der Waals surface area (Å²) in [7, 11) is 1.63. The molecule has 1 N–H and O–H groups in total. The fourth-order valence-electron chi connectivity index (χ4n) is 3.06. The standard InChI is InChI=1S/C19H18FN3OS/c1-24-17-9-13(12-2-4-14(20)5-3-12)8-16-18(17)21-11-22-19(16)23-15-6-7-25-10-15/h2-5,8-9,11,15H,6-7,10H2,1H3,(H,21,22,23). The summed E-state index contributed by atoms with van der Waals surface area (Å²) in [6.07, 6.45) is 2.69. The fraction of sp³-hybridized carbons (Fsp3) is 0.263. The molecule has 1 aliphatic heterocycles. The molecule has 1 fully saturated rings. The molecular weight excluding hydrogens is 337 g/mol. The van der Waals surface area contributed by atoms with E-state index in [2.05, 4.69) is 15.3 Å². The maximum atomic E-state index is 13.2. The van der Waals surface area contributed by atoms with Crippen molar-refractivity contribution < 1.29 is 9.13 Å². The number of hydrogen-bond donors (Lipinski definition) is 1. The first-order valence-corrected chi connectivity index (χ1v) is 9.33. The fourth-order valence-corrected chi connectivity index (χ4v) is 4.21. The predicted molar refractivity (Wildman–Crippen MR) is 101 cm³/mol. The molecular formula is C19H18FN3OS. The number of halogens is 1. The molecule has 0 aliphatic carbocycles. The second kappa shape index (κ2) is 6.88. The number of anilines is 1. The van der Waals surface area contributed by atoms with Crippen LogP contribution >= 0.6 is 11.8 Å². The van der Waals surface area contributed by atoms with Gasteiger partial charge in [-0.25, -0.2) is 14.4 Å². The van der Waals surface area contributed by atoms with Crippen molar-refractivity contribution in [2.45, 2.75) is 12.5 Å². The highest BCUT2D eigenvalue weighted by Crippen LogP contribution is 2.34. The van der Waals surface area contributed by atoms with E-state index in [1.807, 2.05) is 23.9 Å². The molecule has 0 bridgehead atoms. The van der Waals surface area contributed by atoms with Crippen LogP contribution in [0.1, 0.15) is 6.42 Å². The number of ether oxygens (including phenoxy) is 1. The summed E-state index contributed by atoms with van der Waals surface area (Å²) < 4.78 is 18.8. The molecule has 0 radical (unpaired) electrons. The second-order valence-corrected chi connectivity index (χ2v) is 7.16. The van der Waals surface area contributed by atoms with Crippen LogP contribution < -0.4 is 10.1 Å². The van der Waals surface area contributed by atoms with Gasteiger partial charge in [-0.05, 0) is 47.6 Å². The Morgan fingerprint density at radius 3 is 2.72 bits per heavy atom. The summed E-state index contributed by atoms with van der Waals surface area (Å²) in [4.78, 5) is 8.84. The molecule has 1 saturated heterocycles. The highest BCUT2D eigenvalue weighted by Gasteiger charge is 2.18.